The Morgan fingerprint density at radius 2 is 1.69 bits per heavy atom. The van der Waals surface area contributed by atoms with Gasteiger partial charge in [0.05, 0.1) is 12.2 Å². The normalized spacial score (nSPS) is 23.9. The lowest BCUT2D eigenvalue weighted by molar-refractivity contribution is -0.137. The van der Waals surface area contributed by atoms with Crippen LogP contribution in [0.15, 0.2) is 12.2 Å². The Hall–Kier alpha value is -1.21. The Kier molecular flexibility index (Phi) is 13.0. The third-order valence-electron chi connectivity index (χ3n) is 10.8. The number of carboxylic acid groups (broad SMARTS) is 1. The summed E-state index contributed by atoms with van der Waals surface area (Å²) in [5.41, 5.74) is 0.262. The molecule has 0 saturated heterocycles. The highest BCUT2D eigenvalue weighted by molar-refractivity contribution is 6.74. The number of Topliss-reactive ketones (excluding diaryl/α,β-unsaturated/α-hetero) is 1. The summed E-state index contributed by atoms with van der Waals surface area (Å²) in [6.45, 7) is 25.3. The van der Waals surface area contributed by atoms with Crippen molar-refractivity contribution in [2.75, 3.05) is 0 Å². The van der Waals surface area contributed by atoms with Crippen LogP contribution in [0.4, 0.5) is 0 Å². The molecule has 2 aliphatic carbocycles. The highest BCUT2D eigenvalue weighted by atomic mass is 28.4. The standard InChI is InChI=1S/C35H62O5Si2/c1-12-23-35(24-18-25-35)31(40-42(10,11)34(5,6)7)21-17-20-28-27(19-15-13-14-16-22-32(37)38)29(36)26-30(28)39-41(8,9)33(2,3)4/h17,20,27-28,30-31H,12,14,16,18-19,21-26H2,1-11H3,(H,37,38)/b20-17+/t27-,28-,30-,31?/m1/s1. The molecule has 0 aromatic heterocycles. The lowest BCUT2D eigenvalue weighted by Gasteiger charge is -2.51. The van der Waals surface area contributed by atoms with Gasteiger partial charge in [0, 0.05) is 37.5 Å². The number of carbonyl (C=O) groups excluding carboxylic acids is 1. The van der Waals surface area contributed by atoms with Crippen LogP contribution in [0.1, 0.15) is 119 Å². The summed E-state index contributed by atoms with van der Waals surface area (Å²) in [5.74, 6) is 5.60. The van der Waals surface area contributed by atoms with Gasteiger partial charge in [-0.1, -0.05) is 73.5 Å². The van der Waals surface area contributed by atoms with Crippen molar-refractivity contribution < 1.29 is 23.5 Å². The fourth-order valence-electron chi connectivity index (χ4n) is 5.92. The van der Waals surface area contributed by atoms with E-state index in [-0.39, 0.29) is 51.7 Å². The SMILES string of the molecule is CCCC1(C(C/C=C/[C@H]2[C@H](O[Si](C)(C)C(C)(C)C)CC(=O)[C@@H]2CC#CCCCC(=O)O)O[Si](C)(C)C(C)(C)C)CCC1. The molecule has 240 valence electrons. The van der Waals surface area contributed by atoms with Gasteiger partial charge in [0.15, 0.2) is 16.6 Å². The zero-order chi connectivity index (χ0) is 32.0. The van der Waals surface area contributed by atoms with Crippen molar-refractivity contribution in [2.45, 2.75) is 168 Å². The third-order valence-corrected chi connectivity index (χ3v) is 19.8. The maximum Gasteiger partial charge on any atom is 0.303 e. The van der Waals surface area contributed by atoms with Crippen LogP contribution in [-0.4, -0.2) is 45.7 Å². The number of ketones is 1. The molecule has 7 heteroatoms. The van der Waals surface area contributed by atoms with Crippen molar-refractivity contribution in [3.63, 3.8) is 0 Å². The van der Waals surface area contributed by atoms with Gasteiger partial charge in [-0.15, -0.1) is 11.8 Å². The fraction of sp³-hybridized carbons (Fsp3) is 0.829. The molecule has 42 heavy (non-hydrogen) atoms. The number of carboxylic acids is 1. The maximum absolute atomic E-state index is 13.4. The lowest BCUT2D eigenvalue weighted by Crippen LogP contribution is -2.51. The first kappa shape index (κ1) is 37.0. The quantitative estimate of drug-likeness (QED) is 0.0908. The van der Waals surface area contributed by atoms with Gasteiger partial charge in [-0.2, -0.15) is 0 Å². The molecule has 2 fully saturated rings. The minimum Gasteiger partial charge on any atom is -0.481 e. The second-order valence-corrected chi connectivity index (χ2v) is 25.6. The Bertz CT molecular complexity index is 1000. The molecule has 0 heterocycles. The van der Waals surface area contributed by atoms with Gasteiger partial charge in [0.25, 0.3) is 0 Å². The summed E-state index contributed by atoms with van der Waals surface area (Å²) in [7, 11) is -4.04. The van der Waals surface area contributed by atoms with Crippen molar-refractivity contribution in [3.8, 4) is 11.8 Å². The monoisotopic (exact) mass is 618 g/mol. The predicted molar refractivity (Wildman–Crippen MR) is 180 cm³/mol. The van der Waals surface area contributed by atoms with Gasteiger partial charge < -0.3 is 14.0 Å². The second kappa shape index (κ2) is 14.7. The molecule has 0 bridgehead atoms. The first-order valence-electron chi connectivity index (χ1n) is 16.5. The van der Waals surface area contributed by atoms with E-state index in [9.17, 15) is 9.59 Å². The van der Waals surface area contributed by atoms with Gasteiger partial charge in [-0.3, -0.25) is 9.59 Å². The molecule has 0 aromatic rings. The summed E-state index contributed by atoms with van der Waals surface area (Å²) in [4.78, 5) is 24.2. The topological polar surface area (TPSA) is 72.8 Å². The van der Waals surface area contributed by atoms with Gasteiger partial charge in [-0.05, 0) is 73.8 Å². The fourth-order valence-corrected chi connectivity index (χ4v) is 8.68. The van der Waals surface area contributed by atoms with Crippen LogP contribution in [-0.2, 0) is 18.4 Å². The molecule has 0 spiro atoms. The van der Waals surface area contributed by atoms with E-state index < -0.39 is 22.6 Å². The van der Waals surface area contributed by atoms with Crippen LogP contribution in [0.25, 0.3) is 0 Å². The largest absolute Gasteiger partial charge is 0.481 e. The Morgan fingerprint density at radius 1 is 1.07 bits per heavy atom. The van der Waals surface area contributed by atoms with Crippen LogP contribution in [0.2, 0.25) is 36.3 Å². The number of hydrogen-bond donors (Lipinski definition) is 1. The zero-order valence-electron chi connectivity index (χ0n) is 28.8. The molecule has 0 radical (unpaired) electrons. The zero-order valence-corrected chi connectivity index (χ0v) is 30.8. The van der Waals surface area contributed by atoms with Crippen molar-refractivity contribution >= 4 is 28.4 Å². The van der Waals surface area contributed by atoms with Crippen LogP contribution in [0, 0.1) is 29.1 Å². The van der Waals surface area contributed by atoms with Crippen molar-refractivity contribution in [2.24, 2.45) is 17.3 Å². The van der Waals surface area contributed by atoms with E-state index in [1.54, 1.807) is 0 Å². The summed E-state index contributed by atoms with van der Waals surface area (Å²) >= 11 is 0. The van der Waals surface area contributed by atoms with Crippen LogP contribution >= 0.6 is 0 Å². The summed E-state index contributed by atoms with van der Waals surface area (Å²) < 4.78 is 14.1. The third kappa shape index (κ3) is 9.65. The molecule has 0 amide bonds. The van der Waals surface area contributed by atoms with E-state index in [0.29, 0.717) is 25.7 Å². The van der Waals surface area contributed by atoms with Crippen molar-refractivity contribution in [1.82, 2.24) is 0 Å². The van der Waals surface area contributed by atoms with E-state index in [4.69, 9.17) is 14.0 Å². The van der Waals surface area contributed by atoms with E-state index in [2.05, 4.69) is 98.6 Å². The van der Waals surface area contributed by atoms with Gasteiger partial charge >= 0.3 is 5.97 Å². The van der Waals surface area contributed by atoms with Gasteiger partial charge in [0.1, 0.15) is 5.78 Å². The first-order chi connectivity index (χ1) is 19.3. The number of rotatable bonds is 14. The van der Waals surface area contributed by atoms with E-state index in [0.717, 1.165) is 6.42 Å². The minimum atomic E-state index is -2.08. The Balaban J connectivity index is 2.33. The lowest BCUT2D eigenvalue weighted by atomic mass is 9.62. The summed E-state index contributed by atoms with van der Waals surface area (Å²) in [6.07, 6.45) is 13.8. The Labute approximate surface area is 260 Å². The second-order valence-electron chi connectivity index (χ2n) is 16.1. The number of hydrogen-bond acceptors (Lipinski definition) is 4. The van der Waals surface area contributed by atoms with Crippen LogP contribution in [0.5, 0.6) is 0 Å². The smallest absolute Gasteiger partial charge is 0.303 e. The number of unbranched alkanes of at least 4 members (excludes halogenated alkanes) is 1. The number of aliphatic carboxylic acids is 1. The molecule has 2 rings (SSSR count). The van der Waals surface area contributed by atoms with Crippen LogP contribution in [0.3, 0.4) is 0 Å². The summed E-state index contributed by atoms with van der Waals surface area (Å²) in [5, 5.41) is 9.11. The molecule has 0 aromatic carbocycles. The molecular weight excluding hydrogens is 557 g/mol. The molecule has 1 N–H and O–H groups in total. The van der Waals surface area contributed by atoms with Crippen molar-refractivity contribution in [3.05, 3.63) is 12.2 Å². The highest BCUT2D eigenvalue weighted by Crippen LogP contribution is 2.52. The Morgan fingerprint density at radius 3 is 2.19 bits per heavy atom. The molecular formula is C35H62O5Si2. The highest BCUT2D eigenvalue weighted by Gasteiger charge is 2.49. The van der Waals surface area contributed by atoms with Crippen LogP contribution < -0.4 is 0 Å². The first-order valence-corrected chi connectivity index (χ1v) is 22.3. The molecule has 2 aliphatic rings. The van der Waals surface area contributed by atoms with Gasteiger partial charge in [-0.25, -0.2) is 0 Å². The van der Waals surface area contributed by atoms with Gasteiger partial charge in [0.2, 0.25) is 0 Å². The minimum absolute atomic E-state index is 0.00279. The van der Waals surface area contributed by atoms with E-state index in [1.807, 2.05) is 0 Å². The molecule has 2 saturated carbocycles. The van der Waals surface area contributed by atoms with E-state index in [1.165, 1.54) is 32.1 Å². The molecule has 1 unspecified atom stereocenters. The molecule has 4 atom stereocenters. The maximum atomic E-state index is 13.4. The van der Waals surface area contributed by atoms with Crippen molar-refractivity contribution in [1.29, 1.82) is 0 Å². The average molecular weight is 619 g/mol. The molecule has 0 aliphatic heterocycles. The predicted octanol–water partition coefficient (Wildman–Crippen LogP) is 9.54. The molecule has 5 nitrogen and oxygen atoms in total. The van der Waals surface area contributed by atoms with E-state index >= 15 is 0 Å². The summed E-state index contributed by atoms with van der Waals surface area (Å²) in [6, 6.07) is 0. The average Bonchev–Trinajstić information content (AvgIpc) is 3.09. The number of carbonyl (C=O) groups is 2.